The van der Waals surface area contributed by atoms with Crippen LogP contribution in [-0.2, 0) is 7.05 Å². The molecule has 8 nitrogen and oxygen atoms in total. The van der Waals surface area contributed by atoms with Gasteiger partial charge in [-0.15, -0.1) is 0 Å². The van der Waals surface area contributed by atoms with Gasteiger partial charge < -0.3 is 20.1 Å². The summed E-state index contributed by atoms with van der Waals surface area (Å²) < 4.78 is 33.3. The maximum Gasteiger partial charge on any atom is 0.257 e. The Bertz CT molecular complexity index is 1300. The highest BCUT2D eigenvalue weighted by atomic mass is 19.3. The Morgan fingerprint density at radius 2 is 1.94 bits per heavy atom. The number of aryl methyl sites for hydroxylation is 1. The van der Waals surface area contributed by atoms with Gasteiger partial charge in [-0.25, -0.2) is 13.8 Å². The van der Waals surface area contributed by atoms with Crippen LogP contribution in [0, 0.1) is 0 Å². The van der Waals surface area contributed by atoms with Crippen molar-refractivity contribution < 1.29 is 18.6 Å². The van der Waals surface area contributed by atoms with Gasteiger partial charge in [0.2, 0.25) is 0 Å². The lowest BCUT2D eigenvalue weighted by atomic mass is 10.1. The predicted octanol–water partition coefficient (Wildman–Crippen LogP) is 4.52. The molecule has 2 N–H and O–H groups in total. The number of aromatic nitrogens is 4. The molecule has 0 atom stereocenters. The molecule has 35 heavy (non-hydrogen) atoms. The molecule has 2 aromatic carbocycles. The molecule has 0 unspecified atom stereocenters. The van der Waals surface area contributed by atoms with Gasteiger partial charge in [0, 0.05) is 61.9 Å². The van der Waals surface area contributed by atoms with Gasteiger partial charge in [-0.3, -0.25) is 9.67 Å². The molecule has 0 saturated heterocycles. The van der Waals surface area contributed by atoms with Crippen molar-refractivity contribution in [1.82, 2.24) is 25.1 Å². The Morgan fingerprint density at radius 3 is 2.66 bits per heavy atom. The smallest absolute Gasteiger partial charge is 0.257 e. The zero-order chi connectivity index (χ0) is 25.0. The molecule has 0 aliphatic heterocycles. The summed E-state index contributed by atoms with van der Waals surface area (Å²) in [6.45, 7) is 1.43. The lowest BCUT2D eigenvalue weighted by Crippen LogP contribution is -2.32. The summed E-state index contributed by atoms with van der Waals surface area (Å²) in [5.74, 6) is -2.19. The fraction of sp³-hybridized carbons (Fsp3) is 0.320. The van der Waals surface area contributed by atoms with E-state index in [0.717, 1.165) is 23.7 Å². The zero-order valence-corrected chi connectivity index (χ0v) is 19.9. The number of hydrogen-bond donors (Lipinski definition) is 2. The van der Waals surface area contributed by atoms with E-state index in [0.29, 0.717) is 42.2 Å². The molecule has 0 spiro atoms. The number of ether oxygens (including phenoxy) is 1. The number of fused-ring (bicyclic) bond motifs is 1. The van der Waals surface area contributed by atoms with Crippen molar-refractivity contribution in [3.63, 3.8) is 0 Å². The number of alkyl halides is 2. The van der Waals surface area contributed by atoms with Crippen LogP contribution in [0.3, 0.4) is 0 Å². The summed E-state index contributed by atoms with van der Waals surface area (Å²) in [5, 5.41) is 17.2. The third-order valence-electron chi connectivity index (χ3n) is 5.43. The molecule has 4 rings (SSSR count). The van der Waals surface area contributed by atoms with E-state index in [1.165, 1.54) is 13.2 Å². The van der Waals surface area contributed by atoms with Gasteiger partial charge in [-0.05, 0) is 31.2 Å². The Morgan fingerprint density at radius 1 is 1.11 bits per heavy atom. The van der Waals surface area contributed by atoms with Crippen LogP contribution >= 0.6 is 0 Å². The molecule has 10 heteroatoms. The van der Waals surface area contributed by atoms with Crippen molar-refractivity contribution >= 4 is 22.4 Å². The maximum atomic E-state index is 13.1. The molecular weight excluding hydrogens is 454 g/mol. The second-order valence-corrected chi connectivity index (χ2v) is 8.47. The number of hydrogen-bond acceptors (Lipinski definition) is 7. The molecule has 2 aromatic heterocycles. The van der Waals surface area contributed by atoms with Crippen LogP contribution in [0.25, 0.3) is 22.3 Å². The average Bonchev–Trinajstić information content (AvgIpc) is 3.25. The van der Waals surface area contributed by atoms with Crippen molar-refractivity contribution in [3.05, 3.63) is 55.0 Å². The van der Waals surface area contributed by atoms with Crippen molar-refractivity contribution in [2.45, 2.75) is 19.3 Å². The molecule has 0 bridgehead atoms. The molecule has 0 aliphatic carbocycles. The van der Waals surface area contributed by atoms with E-state index >= 15 is 0 Å². The number of aromatic hydroxyl groups is 1. The first kappa shape index (κ1) is 24.3. The van der Waals surface area contributed by atoms with Gasteiger partial charge in [0.1, 0.15) is 11.5 Å². The first-order valence-corrected chi connectivity index (χ1v) is 11.2. The number of methoxy groups -OCH3 is 1. The molecule has 0 fully saturated rings. The minimum absolute atomic E-state index is 0.0625. The topological polar surface area (TPSA) is 88.3 Å². The van der Waals surface area contributed by atoms with Crippen LogP contribution in [0.5, 0.6) is 11.5 Å². The van der Waals surface area contributed by atoms with Gasteiger partial charge in [0.05, 0.1) is 42.8 Å². The normalized spacial score (nSPS) is 11.7. The molecule has 0 radical (unpaired) electrons. The van der Waals surface area contributed by atoms with E-state index in [9.17, 15) is 13.9 Å². The van der Waals surface area contributed by atoms with Gasteiger partial charge in [0.15, 0.2) is 0 Å². The van der Waals surface area contributed by atoms with Gasteiger partial charge in [-0.2, -0.15) is 5.10 Å². The van der Waals surface area contributed by atoms with Gasteiger partial charge in [-0.1, -0.05) is 0 Å². The SMILES string of the molecule is COc1cc(O)cc(N(CCCNCC(C)(F)F)c2ccc3ncc(-c4cnn(C)c4)nc3c2)c1. The Labute approximate surface area is 202 Å². The molecule has 0 aliphatic rings. The highest BCUT2D eigenvalue weighted by Gasteiger charge is 2.20. The van der Waals surface area contributed by atoms with E-state index in [-0.39, 0.29) is 12.3 Å². The Kier molecular flexibility index (Phi) is 7.11. The number of anilines is 2. The molecule has 4 aromatic rings. The fourth-order valence-electron chi connectivity index (χ4n) is 3.78. The average molecular weight is 483 g/mol. The minimum atomic E-state index is -2.76. The summed E-state index contributed by atoms with van der Waals surface area (Å²) in [7, 11) is 3.37. The summed E-state index contributed by atoms with van der Waals surface area (Å²) >= 11 is 0. The number of phenols is 1. The van der Waals surface area contributed by atoms with Crippen LogP contribution in [0.4, 0.5) is 20.2 Å². The molecule has 0 amide bonds. The third-order valence-corrected chi connectivity index (χ3v) is 5.43. The summed E-state index contributed by atoms with van der Waals surface area (Å²) in [6, 6.07) is 10.7. The first-order chi connectivity index (χ1) is 16.7. The number of halogens is 2. The highest BCUT2D eigenvalue weighted by Crippen LogP contribution is 2.34. The first-order valence-electron chi connectivity index (χ1n) is 11.2. The third kappa shape index (κ3) is 6.21. The quantitative estimate of drug-likeness (QED) is 0.321. The van der Waals surface area contributed by atoms with E-state index in [2.05, 4.69) is 15.4 Å². The second-order valence-electron chi connectivity index (χ2n) is 8.47. The Hall–Kier alpha value is -3.79. The van der Waals surface area contributed by atoms with Crippen LogP contribution < -0.4 is 15.0 Å². The zero-order valence-electron chi connectivity index (χ0n) is 19.9. The van der Waals surface area contributed by atoms with Crippen molar-refractivity contribution in [3.8, 4) is 22.8 Å². The van der Waals surface area contributed by atoms with E-state index in [1.807, 2.05) is 42.4 Å². The fourth-order valence-corrected chi connectivity index (χ4v) is 3.78. The number of nitrogens with one attached hydrogen (secondary N) is 1. The molecule has 0 saturated carbocycles. The molecular formula is C25H28F2N6O2. The van der Waals surface area contributed by atoms with Crippen molar-refractivity contribution in [1.29, 1.82) is 0 Å². The number of phenolic OH excluding ortho intramolecular Hbond substituents is 1. The minimum Gasteiger partial charge on any atom is -0.508 e. The standard InChI is InChI=1S/C25H28F2N6O2/c1-25(26,27)16-28-7-4-8-33(19-9-20(34)12-21(10-19)35-3)18-5-6-22-23(11-18)31-24(14-29-22)17-13-30-32(2)15-17/h5-6,9-15,28,34H,4,7-8,16H2,1-3H3. The summed E-state index contributed by atoms with van der Waals surface area (Å²) in [5.41, 5.74) is 4.53. The summed E-state index contributed by atoms with van der Waals surface area (Å²) in [4.78, 5) is 11.3. The van der Waals surface area contributed by atoms with Gasteiger partial charge >= 0.3 is 0 Å². The lowest BCUT2D eigenvalue weighted by molar-refractivity contribution is 0.0229. The number of benzene rings is 2. The number of rotatable bonds is 10. The Balaban J connectivity index is 1.65. The molecule has 184 valence electrons. The largest absolute Gasteiger partial charge is 0.508 e. The van der Waals surface area contributed by atoms with E-state index in [1.54, 1.807) is 23.1 Å². The maximum absolute atomic E-state index is 13.1. The van der Waals surface area contributed by atoms with Crippen LogP contribution in [0.15, 0.2) is 55.0 Å². The number of nitrogens with zero attached hydrogens (tertiary/aromatic N) is 5. The monoisotopic (exact) mass is 482 g/mol. The van der Waals surface area contributed by atoms with Crippen LogP contribution in [-0.4, -0.2) is 57.5 Å². The lowest BCUT2D eigenvalue weighted by Gasteiger charge is -2.26. The van der Waals surface area contributed by atoms with Crippen molar-refractivity contribution in [2.24, 2.45) is 7.05 Å². The predicted molar refractivity (Wildman–Crippen MR) is 132 cm³/mol. The highest BCUT2D eigenvalue weighted by molar-refractivity contribution is 5.82. The van der Waals surface area contributed by atoms with Crippen molar-refractivity contribution in [2.75, 3.05) is 31.6 Å². The summed E-state index contributed by atoms with van der Waals surface area (Å²) in [6.07, 6.45) is 5.91. The van der Waals surface area contributed by atoms with Crippen LogP contribution in [0.1, 0.15) is 13.3 Å². The van der Waals surface area contributed by atoms with Crippen LogP contribution in [0.2, 0.25) is 0 Å². The molecule has 2 heterocycles. The van der Waals surface area contributed by atoms with Gasteiger partial charge in [0.25, 0.3) is 5.92 Å². The van der Waals surface area contributed by atoms with E-state index in [4.69, 9.17) is 9.72 Å². The van der Waals surface area contributed by atoms with E-state index < -0.39 is 5.92 Å². The second kappa shape index (κ2) is 10.2.